The van der Waals surface area contributed by atoms with Gasteiger partial charge in [0.15, 0.2) is 0 Å². The predicted octanol–water partition coefficient (Wildman–Crippen LogP) is -0.107. The summed E-state index contributed by atoms with van der Waals surface area (Å²) in [6.07, 6.45) is 0.738. The van der Waals surface area contributed by atoms with Gasteiger partial charge in [-0.25, -0.2) is 0 Å². The summed E-state index contributed by atoms with van der Waals surface area (Å²) < 4.78 is 0. The van der Waals surface area contributed by atoms with E-state index in [1.54, 1.807) is 6.92 Å². The lowest BCUT2D eigenvalue weighted by molar-refractivity contribution is -0.128. The van der Waals surface area contributed by atoms with E-state index in [1.165, 1.54) is 0 Å². The van der Waals surface area contributed by atoms with Gasteiger partial charge in [0.05, 0.1) is 12.0 Å². The second-order valence-corrected chi connectivity index (χ2v) is 3.30. The monoisotopic (exact) mass is 143 g/mol. The zero-order chi connectivity index (χ0) is 7.78. The molecule has 0 spiro atoms. The summed E-state index contributed by atoms with van der Waals surface area (Å²) in [5.74, 6) is -0.0255. The molecule has 1 fully saturated rings. The van der Waals surface area contributed by atoms with E-state index in [-0.39, 0.29) is 18.6 Å². The highest BCUT2D eigenvalue weighted by atomic mass is 16.3. The Hall–Kier alpha value is -0.570. The summed E-state index contributed by atoms with van der Waals surface area (Å²) in [5.41, 5.74) is -0.528. The van der Waals surface area contributed by atoms with Crippen molar-refractivity contribution in [1.29, 1.82) is 0 Å². The van der Waals surface area contributed by atoms with Crippen molar-refractivity contribution in [2.24, 2.45) is 5.41 Å². The third-order valence-corrected chi connectivity index (χ3v) is 2.03. The molecule has 1 amide bonds. The third-order valence-electron chi connectivity index (χ3n) is 2.03. The topological polar surface area (TPSA) is 49.3 Å². The molecule has 3 heteroatoms. The molecule has 0 aliphatic carbocycles. The number of amides is 1. The van der Waals surface area contributed by atoms with E-state index in [2.05, 4.69) is 5.32 Å². The van der Waals surface area contributed by atoms with E-state index in [0.717, 1.165) is 6.42 Å². The fourth-order valence-electron chi connectivity index (χ4n) is 1.35. The SMILES string of the molecule is C[C@@H]1C[C@@](C)(CO)C(=O)N1. The third kappa shape index (κ3) is 1.01. The first-order valence-corrected chi connectivity index (χ1v) is 3.50. The minimum absolute atomic E-state index is 0.0255. The quantitative estimate of drug-likeness (QED) is 0.538. The molecule has 0 aromatic rings. The van der Waals surface area contributed by atoms with Gasteiger partial charge in [-0.05, 0) is 20.3 Å². The summed E-state index contributed by atoms with van der Waals surface area (Å²) in [5, 5.41) is 11.6. The van der Waals surface area contributed by atoms with Crippen molar-refractivity contribution in [3.63, 3.8) is 0 Å². The second kappa shape index (κ2) is 2.23. The number of rotatable bonds is 1. The first kappa shape index (κ1) is 7.54. The molecular formula is C7H13NO2. The molecule has 1 aliphatic heterocycles. The van der Waals surface area contributed by atoms with E-state index < -0.39 is 5.41 Å². The van der Waals surface area contributed by atoms with Gasteiger partial charge in [0.2, 0.25) is 5.91 Å². The molecule has 1 heterocycles. The van der Waals surface area contributed by atoms with E-state index >= 15 is 0 Å². The lowest BCUT2D eigenvalue weighted by Crippen LogP contribution is -2.31. The fraction of sp³-hybridized carbons (Fsp3) is 0.857. The molecule has 1 saturated heterocycles. The summed E-state index contributed by atoms with van der Waals surface area (Å²) >= 11 is 0. The molecule has 0 aromatic carbocycles. The van der Waals surface area contributed by atoms with Crippen LogP contribution in [0.4, 0.5) is 0 Å². The smallest absolute Gasteiger partial charge is 0.228 e. The molecule has 2 atom stereocenters. The van der Waals surface area contributed by atoms with Crippen LogP contribution in [-0.4, -0.2) is 23.7 Å². The molecule has 58 valence electrons. The Kier molecular flexibility index (Phi) is 1.68. The van der Waals surface area contributed by atoms with Crippen molar-refractivity contribution >= 4 is 5.91 Å². The lowest BCUT2D eigenvalue weighted by Gasteiger charge is -2.15. The molecule has 1 aliphatic rings. The fourth-order valence-corrected chi connectivity index (χ4v) is 1.35. The molecule has 0 radical (unpaired) electrons. The molecule has 0 unspecified atom stereocenters. The largest absolute Gasteiger partial charge is 0.395 e. The van der Waals surface area contributed by atoms with Gasteiger partial charge in [-0.2, -0.15) is 0 Å². The van der Waals surface area contributed by atoms with Crippen LogP contribution in [-0.2, 0) is 4.79 Å². The normalized spacial score (nSPS) is 39.9. The first-order chi connectivity index (χ1) is 4.58. The summed E-state index contributed by atoms with van der Waals surface area (Å²) in [4.78, 5) is 11.1. The molecule has 10 heavy (non-hydrogen) atoms. The van der Waals surface area contributed by atoms with E-state index in [0.29, 0.717) is 0 Å². The van der Waals surface area contributed by atoms with Crippen LogP contribution in [0.5, 0.6) is 0 Å². The molecule has 0 saturated carbocycles. The average Bonchev–Trinajstić information content (AvgIpc) is 2.09. The number of hydrogen-bond donors (Lipinski definition) is 2. The maximum Gasteiger partial charge on any atom is 0.228 e. The van der Waals surface area contributed by atoms with Crippen molar-refractivity contribution < 1.29 is 9.90 Å². The zero-order valence-corrected chi connectivity index (χ0v) is 6.35. The van der Waals surface area contributed by atoms with Gasteiger partial charge in [-0.1, -0.05) is 0 Å². The highest BCUT2D eigenvalue weighted by Gasteiger charge is 2.40. The van der Waals surface area contributed by atoms with Crippen LogP contribution in [0.3, 0.4) is 0 Å². The van der Waals surface area contributed by atoms with Crippen LogP contribution >= 0.6 is 0 Å². The Balaban J connectivity index is 2.70. The van der Waals surface area contributed by atoms with Gasteiger partial charge in [0.1, 0.15) is 0 Å². The average molecular weight is 143 g/mol. The zero-order valence-electron chi connectivity index (χ0n) is 6.35. The van der Waals surface area contributed by atoms with E-state index in [4.69, 9.17) is 5.11 Å². The van der Waals surface area contributed by atoms with Gasteiger partial charge < -0.3 is 10.4 Å². The molecule has 0 aromatic heterocycles. The van der Waals surface area contributed by atoms with Crippen LogP contribution in [0, 0.1) is 5.41 Å². The number of nitrogens with one attached hydrogen (secondary N) is 1. The highest BCUT2D eigenvalue weighted by Crippen LogP contribution is 2.28. The lowest BCUT2D eigenvalue weighted by atomic mass is 9.89. The van der Waals surface area contributed by atoms with Crippen molar-refractivity contribution in [3.8, 4) is 0 Å². The van der Waals surface area contributed by atoms with Crippen molar-refractivity contribution in [2.75, 3.05) is 6.61 Å². The number of hydrogen-bond acceptors (Lipinski definition) is 2. The predicted molar refractivity (Wildman–Crippen MR) is 37.4 cm³/mol. The molecule has 2 N–H and O–H groups in total. The Morgan fingerprint density at radius 3 is 2.70 bits per heavy atom. The summed E-state index contributed by atoms with van der Waals surface area (Å²) in [6, 6.07) is 0.213. The molecule has 1 rings (SSSR count). The van der Waals surface area contributed by atoms with E-state index in [1.807, 2.05) is 6.92 Å². The molecular weight excluding hydrogens is 130 g/mol. The van der Waals surface area contributed by atoms with Gasteiger partial charge in [0.25, 0.3) is 0 Å². The number of carbonyl (C=O) groups is 1. The van der Waals surface area contributed by atoms with Gasteiger partial charge in [0, 0.05) is 6.04 Å². The maximum absolute atomic E-state index is 11.1. The highest BCUT2D eigenvalue weighted by molar-refractivity contribution is 5.84. The second-order valence-electron chi connectivity index (χ2n) is 3.30. The standard InChI is InChI=1S/C7H13NO2/c1-5-3-7(2,4-9)6(10)8-5/h5,9H,3-4H2,1-2H3,(H,8,10)/t5-,7+/m1/s1. The van der Waals surface area contributed by atoms with Crippen molar-refractivity contribution in [3.05, 3.63) is 0 Å². The van der Waals surface area contributed by atoms with E-state index in [9.17, 15) is 4.79 Å². The minimum atomic E-state index is -0.528. The summed E-state index contributed by atoms with van der Waals surface area (Å²) in [7, 11) is 0. The van der Waals surface area contributed by atoms with Crippen LogP contribution < -0.4 is 5.32 Å². The number of carbonyl (C=O) groups excluding carboxylic acids is 1. The Labute approximate surface area is 60.4 Å². The van der Waals surface area contributed by atoms with Crippen LogP contribution in [0.25, 0.3) is 0 Å². The number of aliphatic hydroxyl groups is 1. The molecule has 0 bridgehead atoms. The maximum atomic E-state index is 11.1. The van der Waals surface area contributed by atoms with Crippen molar-refractivity contribution in [1.82, 2.24) is 5.32 Å². The van der Waals surface area contributed by atoms with Crippen LogP contribution in [0.15, 0.2) is 0 Å². The molecule has 3 nitrogen and oxygen atoms in total. The van der Waals surface area contributed by atoms with Gasteiger partial charge in [-0.3, -0.25) is 4.79 Å². The number of aliphatic hydroxyl groups excluding tert-OH is 1. The van der Waals surface area contributed by atoms with Gasteiger partial charge >= 0.3 is 0 Å². The Morgan fingerprint density at radius 2 is 2.50 bits per heavy atom. The minimum Gasteiger partial charge on any atom is -0.395 e. The Morgan fingerprint density at radius 1 is 1.90 bits per heavy atom. The van der Waals surface area contributed by atoms with Crippen LogP contribution in [0.1, 0.15) is 20.3 Å². The van der Waals surface area contributed by atoms with Crippen molar-refractivity contribution in [2.45, 2.75) is 26.3 Å². The summed E-state index contributed by atoms with van der Waals surface area (Å²) in [6.45, 7) is 3.67. The van der Waals surface area contributed by atoms with Crippen LogP contribution in [0.2, 0.25) is 0 Å². The van der Waals surface area contributed by atoms with Gasteiger partial charge in [-0.15, -0.1) is 0 Å². The first-order valence-electron chi connectivity index (χ1n) is 3.50. The Bertz CT molecular complexity index is 158.